The predicted molar refractivity (Wildman–Crippen MR) is 53.0 cm³/mol. The Morgan fingerprint density at radius 1 is 1.29 bits per heavy atom. The van der Waals surface area contributed by atoms with E-state index in [4.69, 9.17) is 15.1 Å². The number of ether oxygens (including phenoxy) is 1. The molecule has 0 aliphatic carbocycles. The molecule has 0 aliphatic rings. The summed E-state index contributed by atoms with van der Waals surface area (Å²) in [4.78, 5) is 0. The van der Waals surface area contributed by atoms with Gasteiger partial charge in [0.2, 0.25) is 0 Å². The number of aliphatic hydroxyl groups is 1. The molecule has 0 atom stereocenters. The Morgan fingerprint density at radius 2 is 2.07 bits per heavy atom. The zero-order chi connectivity index (χ0) is 10.2. The lowest BCUT2D eigenvalue weighted by Gasteiger charge is -2.06. The molecule has 1 N–H and O–H groups in total. The molecule has 0 bridgehead atoms. The smallest absolute Gasteiger partial charge is 0.137 e. The van der Waals surface area contributed by atoms with Gasteiger partial charge in [0.1, 0.15) is 11.8 Å². The summed E-state index contributed by atoms with van der Waals surface area (Å²) in [5.41, 5.74) is 0.552. The minimum absolute atomic E-state index is 0.184. The Labute approximate surface area is 83.6 Å². The van der Waals surface area contributed by atoms with Gasteiger partial charge in [0.25, 0.3) is 0 Å². The number of benzene rings is 1. The molecular weight excluding hydrogens is 178 g/mol. The quantitative estimate of drug-likeness (QED) is 0.721. The molecule has 0 amide bonds. The Kier molecular flexibility index (Phi) is 4.53. The standard InChI is InChI=1S/C11H13NO2/c12-9-10-5-1-2-6-11(10)14-8-4-3-7-13/h1-2,5-6,13H,3-4,7-8H2. The van der Waals surface area contributed by atoms with Gasteiger partial charge in [-0.05, 0) is 25.0 Å². The van der Waals surface area contributed by atoms with Gasteiger partial charge in [0, 0.05) is 6.61 Å². The monoisotopic (exact) mass is 191 g/mol. The molecule has 14 heavy (non-hydrogen) atoms. The van der Waals surface area contributed by atoms with E-state index in [2.05, 4.69) is 6.07 Å². The maximum atomic E-state index is 8.75. The van der Waals surface area contributed by atoms with E-state index in [1.165, 1.54) is 0 Å². The molecule has 74 valence electrons. The van der Waals surface area contributed by atoms with Gasteiger partial charge in [-0.25, -0.2) is 0 Å². The Morgan fingerprint density at radius 3 is 2.79 bits per heavy atom. The number of para-hydroxylation sites is 1. The van der Waals surface area contributed by atoms with Crippen molar-refractivity contribution in [2.75, 3.05) is 13.2 Å². The van der Waals surface area contributed by atoms with Crippen LogP contribution < -0.4 is 4.74 Å². The lowest BCUT2D eigenvalue weighted by molar-refractivity contribution is 0.253. The predicted octanol–water partition coefficient (Wildman–Crippen LogP) is 1.71. The van der Waals surface area contributed by atoms with Crippen molar-refractivity contribution in [3.05, 3.63) is 29.8 Å². The van der Waals surface area contributed by atoms with E-state index >= 15 is 0 Å². The van der Waals surface area contributed by atoms with Crippen molar-refractivity contribution in [2.45, 2.75) is 12.8 Å². The number of hydrogen-bond acceptors (Lipinski definition) is 3. The van der Waals surface area contributed by atoms with Crippen LogP contribution in [0.2, 0.25) is 0 Å². The summed E-state index contributed by atoms with van der Waals surface area (Å²) >= 11 is 0. The third-order valence-corrected chi connectivity index (χ3v) is 1.82. The number of aliphatic hydroxyl groups excluding tert-OH is 1. The van der Waals surface area contributed by atoms with Crippen LogP contribution in [0.1, 0.15) is 18.4 Å². The van der Waals surface area contributed by atoms with Gasteiger partial charge < -0.3 is 9.84 Å². The maximum absolute atomic E-state index is 8.75. The summed E-state index contributed by atoms with van der Waals surface area (Å²) < 4.78 is 5.40. The van der Waals surface area contributed by atoms with Crippen LogP contribution in [0.4, 0.5) is 0 Å². The molecule has 0 spiro atoms. The second-order valence-corrected chi connectivity index (χ2v) is 2.89. The topological polar surface area (TPSA) is 53.2 Å². The molecule has 1 rings (SSSR count). The molecule has 0 saturated heterocycles. The average molecular weight is 191 g/mol. The molecule has 0 heterocycles. The first-order valence-electron chi connectivity index (χ1n) is 4.61. The third-order valence-electron chi connectivity index (χ3n) is 1.82. The molecule has 0 aliphatic heterocycles. The zero-order valence-electron chi connectivity index (χ0n) is 7.94. The molecule has 3 heteroatoms. The lowest BCUT2D eigenvalue weighted by Crippen LogP contribution is -1.99. The average Bonchev–Trinajstić information content (AvgIpc) is 2.25. The molecule has 1 aromatic carbocycles. The largest absolute Gasteiger partial charge is 0.492 e. The summed E-state index contributed by atoms with van der Waals surface area (Å²) in [6, 6.07) is 9.20. The molecule has 0 saturated carbocycles. The third kappa shape index (κ3) is 3.08. The maximum Gasteiger partial charge on any atom is 0.137 e. The highest BCUT2D eigenvalue weighted by atomic mass is 16.5. The van der Waals surface area contributed by atoms with Crippen molar-refractivity contribution in [2.24, 2.45) is 0 Å². The second kappa shape index (κ2) is 6.01. The molecule has 0 aromatic heterocycles. The molecule has 0 fully saturated rings. The van der Waals surface area contributed by atoms with E-state index in [1.807, 2.05) is 6.07 Å². The van der Waals surface area contributed by atoms with E-state index in [0.29, 0.717) is 17.9 Å². The van der Waals surface area contributed by atoms with E-state index in [1.54, 1.807) is 18.2 Å². The highest BCUT2D eigenvalue weighted by Crippen LogP contribution is 2.16. The van der Waals surface area contributed by atoms with Gasteiger partial charge in [-0.15, -0.1) is 0 Å². The first-order chi connectivity index (χ1) is 6.88. The van der Waals surface area contributed by atoms with Crippen molar-refractivity contribution in [3.63, 3.8) is 0 Å². The summed E-state index contributed by atoms with van der Waals surface area (Å²) in [5.74, 6) is 0.618. The number of nitriles is 1. The van der Waals surface area contributed by atoms with Crippen LogP contribution in [0, 0.1) is 11.3 Å². The number of hydrogen-bond donors (Lipinski definition) is 1. The van der Waals surface area contributed by atoms with Crippen molar-refractivity contribution >= 4 is 0 Å². The molecule has 1 aromatic rings. The summed E-state index contributed by atoms with van der Waals surface area (Å²) in [7, 11) is 0. The highest BCUT2D eigenvalue weighted by Gasteiger charge is 2.00. The van der Waals surface area contributed by atoms with E-state index in [0.717, 1.165) is 12.8 Å². The van der Waals surface area contributed by atoms with Crippen LogP contribution in [0.5, 0.6) is 5.75 Å². The zero-order valence-corrected chi connectivity index (χ0v) is 7.94. The van der Waals surface area contributed by atoms with Crippen LogP contribution in [-0.2, 0) is 0 Å². The highest BCUT2D eigenvalue weighted by molar-refractivity contribution is 5.42. The van der Waals surface area contributed by atoms with Crippen molar-refractivity contribution in [3.8, 4) is 11.8 Å². The lowest BCUT2D eigenvalue weighted by atomic mass is 10.2. The van der Waals surface area contributed by atoms with Crippen LogP contribution in [0.25, 0.3) is 0 Å². The van der Waals surface area contributed by atoms with Crippen molar-refractivity contribution < 1.29 is 9.84 Å². The van der Waals surface area contributed by atoms with E-state index in [-0.39, 0.29) is 6.61 Å². The van der Waals surface area contributed by atoms with Gasteiger partial charge >= 0.3 is 0 Å². The van der Waals surface area contributed by atoms with Gasteiger partial charge in [-0.2, -0.15) is 5.26 Å². The number of nitrogens with zero attached hydrogens (tertiary/aromatic N) is 1. The number of rotatable bonds is 5. The van der Waals surface area contributed by atoms with Crippen LogP contribution in [-0.4, -0.2) is 18.3 Å². The Bertz CT molecular complexity index is 317. The minimum atomic E-state index is 0.184. The van der Waals surface area contributed by atoms with Crippen molar-refractivity contribution in [1.82, 2.24) is 0 Å². The Hall–Kier alpha value is -1.53. The second-order valence-electron chi connectivity index (χ2n) is 2.89. The first-order valence-corrected chi connectivity index (χ1v) is 4.61. The van der Waals surface area contributed by atoms with Crippen molar-refractivity contribution in [1.29, 1.82) is 5.26 Å². The molecule has 0 unspecified atom stereocenters. The van der Waals surface area contributed by atoms with Gasteiger partial charge in [-0.1, -0.05) is 12.1 Å². The fourth-order valence-corrected chi connectivity index (χ4v) is 1.08. The molecule has 0 radical (unpaired) electrons. The van der Waals surface area contributed by atoms with E-state index in [9.17, 15) is 0 Å². The fourth-order valence-electron chi connectivity index (χ4n) is 1.08. The molecule has 3 nitrogen and oxygen atoms in total. The van der Waals surface area contributed by atoms with Gasteiger partial charge in [-0.3, -0.25) is 0 Å². The summed E-state index contributed by atoms with van der Waals surface area (Å²) in [6.45, 7) is 0.725. The first kappa shape index (κ1) is 10.6. The van der Waals surface area contributed by atoms with Gasteiger partial charge in [0.15, 0.2) is 0 Å². The normalized spacial score (nSPS) is 9.43. The van der Waals surface area contributed by atoms with Crippen LogP contribution in [0.15, 0.2) is 24.3 Å². The van der Waals surface area contributed by atoms with Gasteiger partial charge in [0.05, 0.1) is 12.2 Å². The fraction of sp³-hybridized carbons (Fsp3) is 0.364. The molecular formula is C11H13NO2. The summed E-state index contributed by atoms with van der Waals surface area (Å²) in [6.07, 6.45) is 1.53. The SMILES string of the molecule is N#Cc1ccccc1OCCCCO. The Balaban J connectivity index is 2.46. The summed E-state index contributed by atoms with van der Waals surface area (Å²) in [5, 5.41) is 17.3. The minimum Gasteiger partial charge on any atom is -0.492 e. The van der Waals surface area contributed by atoms with E-state index < -0.39 is 0 Å². The van der Waals surface area contributed by atoms with Crippen LogP contribution in [0.3, 0.4) is 0 Å². The van der Waals surface area contributed by atoms with Crippen LogP contribution >= 0.6 is 0 Å². The number of unbranched alkanes of at least 4 members (excludes halogenated alkanes) is 1.